The number of benzene rings is 1. The summed E-state index contributed by atoms with van der Waals surface area (Å²) in [6, 6.07) is 4.50. The minimum Gasteiger partial charge on any atom is -0.214 e. The van der Waals surface area contributed by atoms with Crippen LogP contribution in [-0.2, 0) is 10.0 Å². The monoisotopic (exact) mass is 283 g/mol. The quantitative estimate of drug-likeness (QED) is 0.903. The zero-order valence-electron chi connectivity index (χ0n) is 6.71. The second kappa shape index (κ2) is 3.96. The fraction of sp³-hybridized carbons (Fsp3) is 0.143. The van der Waals surface area contributed by atoms with Crippen molar-refractivity contribution in [1.29, 1.82) is 0 Å². The van der Waals surface area contributed by atoms with E-state index in [9.17, 15) is 8.42 Å². The normalized spacial score (nSPS) is 11.6. The number of nitrogens with one attached hydrogen (secondary N) is 1. The molecule has 72 valence electrons. The summed E-state index contributed by atoms with van der Waals surface area (Å²) < 4.78 is 25.4. The van der Waals surface area contributed by atoms with Crippen LogP contribution in [0, 0.1) is 0 Å². The van der Waals surface area contributed by atoms with Gasteiger partial charge in [-0.15, -0.1) is 0 Å². The van der Waals surface area contributed by atoms with E-state index in [4.69, 9.17) is 11.6 Å². The van der Waals surface area contributed by atoms with Crippen molar-refractivity contribution in [2.75, 3.05) is 7.05 Å². The molecule has 0 aliphatic heterocycles. The van der Waals surface area contributed by atoms with Gasteiger partial charge in [0.05, 0.1) is 4.90 Å². The molecule has 13 heavy (non-hydrogen) atoms. The van der Waals surface area contributed by atoms with Crippen molar-refractivity contribution in [3.8, 4) is 0 Å². The van der Waals surface area contributed by atoms with Gasteiger partial charge in [-0.05, 0) is 41.2 Å². The van der Waals surface area contributed by atoms with Crippen LogP contribution in [0.5, 0.6) is 0 Å². The standard InChI is InChI=1S/C7H7BrClNO2S/c1-10-13(11,12)7-3-2-5(9)4-6(7)8/h2-4,10H,1H3. The predicted octanol–water partition coefficient (Wildman–Crippen LogP) is 2.01. The van der Waals surface area contributed by atoms with Crippen molar-refractivity contribution in [2.24, 2.45) is 0 Å². The lowest BCUT2D eigenvalue weighted by atomic mass is 10.4. The first-order chi connectivity index (χ1) is 5.97. The van der Waals surface area contributed by atoms with Crippen LogP contribution in [0.3, 0.4) is 0 Å². The van der Waals surface area contributed by atoms with Crippen LogP contribution in [0.1, 0.15) is 0 Å². The number of halogens is 2. The average Bonchev–Trinajstić information content (AvgIpc) is 2.03. The summed E-state index contributed by atoms with van der Waals surface area (Å²) >= 11 is 8.79. The first kappa shape index (κ1) is 11.0. The maximum absolute atomic E-state index is 11.3. The minimum absolute atomic E-state index is 0.180. The van der Waals surface area contributed by atoms with Crippen molar-refractivity contribution in [2.45, 2.75) is 4.90 Å². The lowest BCUT2D eigenvalue weighted by molar-refractivity contribution is 0.588. The maximum atomic E-state index is 11.3. The summed E-state index contributed by atoms with van der Waals surface area (Å²) in [7, 11) is -2.04. The second-order valence-electron chi connectivity index (χ2n) is 2.28. The number of sulfonamides is 1. The van der Waals surface area contributed by atoms with Crippen molar-refractivity contribution in [1.82, 2.24) is 4.72 Å². The molecule has 1 rings (SSSR count). The molecule has 0 saturated carbocycles. The van der Waals surface area contributed by atoms with E-state index in [1.54, 1.807) is 0 Å². The van der Waals surface area contributed by atoms with Crippen LogP contribution < -0.4 is 4.72 Å². The number of hydrogen-bond donors (Lipinski definition) is 1. The molecule has 0 saturated heterocycles. The highest BCUT2D eigenvalue weighted by Gasteiger charge is 2.14. The lowest BCUT2D eigenvalue weighted by Crippen LogP contribution is -2.18. The molecule has 0 bridgehead atoms. The summed E-state index contributed by atoms with van der Waals surface area (Å²) in [6.45, 7) is 0. The molecule has 0 aliphatic carbocycles. The SMILES string of the molecule is CNS(=O)(=O)c1ccc(Cl)cc1Br. The van der Waals surface area contributed by atoms with E-state index in [1.807, 2.05) is 0 Å². The number of rotatable bonds is 2. The summed E-state index contributed by atoms with van der Waals surface area (Å²) in [5, 5.41) is 0.488. The van der Waals surface area contributed by atoms with Gasteiger partial charge >= 0.3 is 0 Å². The Hall–Kier alpha value is -0.100. The Balaban J connectivity index is 3.33. The molecule has 0 heterocycles. The first-order valence-corrected chi connectivity index (χ1v) is 6.01. The zero-order valence-corrected chi connectivity index (χ0v) is 9.87. The Bertz CT molecular complexity index is 419. The third-order valence-corrected chi connectivity index (χ3v) is 4.08. The van der Waals surface area contributed by atoms with Crippen LogP contribution >= 0.6 is 27.5 Å². The van der Waals surface area contributed by atoms with E-state index < -0.39 is 10.0 Å². The smallest absolute Gasteiger partial charge is 0.214 e. The molecule has 0 spiro atoms. The van der Waals surface area contributed by atoms with Gasteiger partial charge in [0.1, 0.15) is 0 Å². The Morgan fingerprint density at radius 2 is 2.08 bits per heavy atom. The Labute approximate surface area is 90.3 Å². The zero-order chi connectivity index (χ0) is 10.1. The molecule has 3 nitrogen and oxygen atoms in total. The highest BCUT2D eigenvalue weighted by Crippen LogP contribution is 2.24. The maximum Gasteiger partial charge on any atom is 0.241 e. The molecule has 1 aromatic rings. The molecule has 0 unspecified atom stereocenters. The Morgan fingerprint density at radius 1 is 1.46 bits per heavy atom. The van der Waals surface area contributed by atoms with Gasteiger partial charge in [-0.25, -0.2) is 13.1 Å². The molecule has 0 radical (unpaired) electrons. The van der Waals surface area contributed by atoms with Gasteiger partial charge in [0.15, 0.2) is 0 Å². The van der Waals surface area contributed by atoms with Crippen molar-refractivity contribution in [3.63, 3.8) is 0 Å². The third kappa shape index (κ3) is 2.43. The minimum atomic E-state index is -3.40. The van der Waals surface area contributed by atoms with E-state index >= 15 is 0 Å². The molecule has 6 heteroatoms. The van der Waals surface area contributed by atoms with E-state index in [0.29, 0.717) is 9.50 Å². The highest BCUT2D eigenvalue weighted by atomic mass is 79.9. The molecule has 0 atom stereocenters. The van der Waals surface area contributed by atoms with Crippen LogP contribution in [0.2, 0.25) is 5.02 Å². The van der Waals surface area contributed by atoms with Crippen LogP contribution in [0.15, 0.2) is 27.6 Å². The molecule has 1 aromatic carbocycles. The van der Waals surface area contributed by atoms with Crippen LogP contribution in [-0.4, -0.2) is 15.5 Å². The Kier molecular flexibility index (Phi) is 3.34. The summed E-state index contributed by atoms with van der Waals surface area (Å²) in [4.78, 5) is 0.180. The van der Waals surface area contributed by atoms with Gasteiger partial charge in [0, 0.05) is 9.50 Å². The van der Waals surface area contributed by atoms with Crippen LogP contribution in [0.25, 0.3) is 0 Å². The highest BCUT2D eigenvalue weighted by molar-refractivity contribution is 9.10. The largest absolute Gasteiger partial charge is 0.241 e. The van der Waals surface area contributed by atoms with E-state index in [1.165, 1.54) is 25.2 Å². The topological polar surface area (TPSA) is 46.2 Å². The molecular formula is C7H7BrClNO2S. The van der Waals surface area contributed by atoms with Crippen LogP contribution in [0.4, 0.5) is 0 Å². The van der Waals surface area contributed by atoms with E-state index in [2.05, 4.69) is 20.7 Å². The third-order valence-electron chi connectivity index (χ3n) is 1.45. The fourth-order valence-electron chi connectivity index (χ4n) is 0.803. The van der Waals surface area contributed by atoms with Gasteiger partial charge < -0.3 is 0 Å². The van der Waals surface area contributed by atoms with E-state index in [-0.39, 0.29) is 4.90 Å². The molecule has 0 aliphatic rings. The average molecular weight is 285 g/mol. The van der Waals surface area contributed by atoms with Crippen molar-refractivity contribution in [3.05, 3.63) is 27.7 Å². The van der Waals surface area contributed by atoms with Gasteiger partial charge in [-0.3, -0.25) is 0 Å². The summed E-state index contributed by atoms with van der Waals surface area (Å²) in [5.74, 6) is 0. The molecular weight excluding hydrogens is 278 g/mol. The van der Waals surface area contributed by atoms with Gasteiger partial charge in [0.25, 0.3) is 0 Å². The number of hydrogen-bond acceptors (Lipinski definition) is 2. The lowest BCUT2D eigenvalue weighted by Gasteiger charge is -2.04. The molecule has 0 fully saturated rings. The van der Waals surface area contributed by atoms with E-state index in [0.717, 1.165) is 0 Å². The van der Waals surface area contributed by atoms with Gasteiger partial charge in [-0.1, -0.05) is 11.6 Å². The molecule has 0 aromatic heterocycles. The second-order valence-corrected chi connectivity index (χ2v) is 5.43. The summed E-state index contributed by atoms with van der Waals surface area (Å²) in [5.41, 5.74) is 0. The van der Waals surface area contributed by atoms with Crippen molar-refractivity contribution >= 4 is 37.6 Å². The molecule has 0 amide bonds. The molecule has 1 N–H and O–H groups in total. The summed E-state index contributed by atoms with van der Waals surface area (Å²) in [6.07, 6.45) is 0. The first-order valence-electron chi connectivity index (χ1n) is 3.36. The van der Waals surface area contributed by atoms with Crippen molar-refractivity contribution < 1.29 is 8.42 Å². The fourth-order valence-corrected chi connectivity index (χ4v) is 2.91. The Morgan fingerprint density at radius 3 is 2.54 bits per heavy atom. The predicted molar refractivity (Wildman–Crippen MR) is 55.4 cm³/mol. The van der Waals surface area contributed by atoms with Gasteiger partial charge in [-0.2, -0.15) is 0 Å². The van der Waals surface area contributed by atoms with Gasteiger partial charge in [0.2, 0.25) is 10.0 Å².